The van der Waals surface area contributed by atoms with E-state index in [2.05, 4.69) is 0 Å². The maximum absolute atomic E-state index is 13.4. The van der Waals surface area contributed by atoms with Crippen molar-refractivity contribution in [2.45, 2.75) is 19.3 Å². The summed E-state index contributed by atoms with van der Waals surface area (Å²) in [6, 6.07) is 22.7. The minimum atomic E-state index is -1.17. The molecule has 4 aromatic rings. The van der Waals surface area contributed by atoms with Crippen LogP contribution in [0.1, 0.15) is 35.2 Å². The Bertz CT molecular complexity index is 1600. The van der Waals surface area contributed by atoms with Gasteiger partial charge >= 0.3 is 29.6 Å². The van der Waals surface area contributed by atoms with Gasteiger partial charge in [0.25, 0.3) is 5.91 Å². The summed E-state index contributed by atoms with van der Waals surface area (Å²) in [4.78, 5) is 26.5. The average Bonchev–Trinajstić information content (AvgIpc) is 2.95. The van der Waals surface area contributed by atoms with Gasteiger partial charge in [-0.25, -0.2) is 0 Å². The molecule has 1 amide bonds. The van der Waals surface area contributed by atoms with Crippen LogP contribution in [-0.2, 0) is 4.79 Å². The van der Waals surface area contributed by atoms with Crippen molar-refractivity contribution in [2.75, 3.05) is 18.1 Å². The number of fused-ring (bicyclic) bond motifs is 1. The van der Waals surface area contributed by atoms with Crippen LogP contribution in [0.15, 0.2) is 78.9 Å². The largest absolute Gasteiger partial charge is 1.00 e. The Kier molecular flexibility index (Phi) is 10.3. The van der Waals surface area contributed by atoms with Gasteiger partial charge in [-0.05, 0) is 67.4 Å². The van der Waals surface area contributed by atoms with Crippen molar-refractivity contribution in [3.8, 4) is 28.4 Å². The molecule has 0 bridgehead atoms. The Labute approximate surface area is 275 Å². The summed E-state index contributed by atoms with van der Waals surface area (Å²) in [6.45, 7) is 2.53. The van der Waals surface area contributed by atoms with Crippen molar-refractivity contribution in [1.29, 1.82) is 0 Å². The zero-order chi connectivity index (χ0) is 28.4. The van der Waals surface area contributed by atoms with E-state index < -0.39 is 11.9 Å². The molecule has 0 saturated heterocycles. The smallest absolute Gasteiger partial charge is 0.549 e. The molecule has 0 fully saturated rings. The second kappa shape index (κ2) is 13.5. The van der Waals surface area contributed by atoms with Gasteiger partial charge in [-0.2, -0.15) is 0 Å². The molecule has 1 heterocycles. The molecule has 4 aromatic carbocycles. The third kappa shape index (κ3) is 6.69. The predicted molar refractivity (Wildman–Crippen MR) is 155 cm³/mol. The number of benzene rings is 4. The van der Waals surface area contributed by atoms with Gasteiger partial charge in [0.15, 0.2) is 0 Å². The minimum absolute atomic E-state index is 0. The molecule has 0 saturated carbocycles. The van der Waals surface area contributed by atoms with Crippen LogP contribution in [-0.4, -0.2) is 25.0 Å². The van der Waals surface area contributed by atoms with Crippen LogP contribution in [0.5, 0.6) is 17.2 Å². The first-order valence-corrected chi connectivity index (χ1v) is 13.7. The number of nitrogens with zero attached hydrogens (tertiary/aromatic N) is 1. The van der Waals surface area contributed by atoms with Crippen molar-refractivity contribution >= 4 is 52.4 Å². The Morgan fingerprint density at radius 2 is 1.68 bits per heavy atom. The van der Waals surface area contributed by atoms with E-state index >= 15 is 0 Å². The molecule has 6 nitrogen and oxygen atoms in total. The molecule has 10 heteroatoms. The Balaban J connectivity index is 0.00000387. The van der Waals surface area contributed by atoms with Gasteiger partial charge in [0.1, 0.15) is 17.2 Å². The molecule has 41 heavy (non-hydrogen) atoms. The Morgan fingerprint density at radius 3 is 2.34 bits per heavy atom. The number of anilines is 1. The molecule has 0 N–H and O–H groups in total. The maximum Gasteiger partial charge on any atom is 1.00 e. The SMILES string of the molecule is CCN(C(=O)c1ccc(Oc2cc3c(cc2Cl)C(C(=O)[O-])CCO3)cc1)c1ccc(-c2ccccc2Cl)cc1Cl.[Na+]. The first kappa shape index (κ1) is 31.2. The van der Waals surface area contributed by atoms with Crippen molar-refractivity contribution < 1.29 is 53.7 Å². The van der Waals surface area contributed by atoms with Crippen molar-refractivity contribution in [1.82, 2.24) is 0 Å². The van der Waals surface area contributed by atoms with E-state index in [9.17, 15) is 14.7 Å². The quantitative estimate of drug-likeness (QED) is 0.287. The standard InChI is InChI=1S/C31H24Cl3NO5.Na/c1-2-35(27-12-9-19(15-25(27)33)21-5-3-4-6-24(21)32)30(36)18-7-10-20(11-8-18)40-29-17-28-23(16-26(29)34)22(31(37)38)13-14-39-28;/h3-12,15-17,22H,2,13-14H2,1H3,(H,37,38);/q;+1/p-1. The number of hydrogen-bond donors (Lipinski definition) is 0. The third-order valence-corrected chi connectivity index (χ3v) is 7.63. The number of amides is 1. The first-order valence-electron chi connectivity index (χ1n) is 12.6. The zero-order valence-corrected chi connectivity index (χ0v) is 26.6. The zero-order valence-electron chi connectivity index (χ0n) is 22.3. The van der Waals surface area contributed by atoms with Crippen molar-refractivity contribution in [2.24, 2.45) is 0 Å². The Morgan fingerprint density at radius 1 is 0.951 bits per heavy atom. The topological polar surface area (TPSA) is 78.9 Å². The van der Waals surface area contributed by atoms with E-state index in [1.165, 1.54) is 6.07 Å². The van der Waals surface area contributed by atoms with Gasteiger partial charge in [-0.15, -0.1) is 0 Å². The predicted octanol–water partition coefficient (Wildman–Crippen LogP) is 4.39. The summed E-state index contributed by atoms with van der Waals surface area (Å²) in [5.74, 6) is -1.05. The molecule has 0 aromatic heterocycles. The molecule has 0 spiro atoms. The number of rotatable bonds is 7. The van der Waals surface area contributed by atoms with Crippen LogP contribution in [0.3, 0.4) is 0 Å². The molecule has 5 rings (SSSR count). The molecular weight excluding hydrogens is 596 g/mol. The molecule has 0 radical (unpaired) electrons. The fraction of sp³-hybridized carbons (Fsp3) is 0.161. The van der Waals surface area contributed by atoms with Crippen LogP contribution in [0.4, 0.5) is 5.69 Å². The molecule has 204 valence electrons. The van der Waals surface area contributed by atoms with Gasteiger partial charge in [-0.3, -0.25) is 4.79 Å². The summed E-state index contributed by atoms with van der Waals surface area (Å²) in [5, 5.41) is 12.8. The maximum atomic E-state index is 13.4. The van der Waals surface area contributed by atoms with Crippen molar-refractivity contribution in [3.05, 3.63) is 105 Å². The second-order valence-corrected chi connectivity index (χ2v) is 10.4. The number of ether oxygens (including phenoxy) is 2. The summed E-state index contributed by atoms with van der Waals surface area (Å²) in [6.07, 6.45) is 0.312. The molecule has 1 atom stereocenters. The number of carboxylic acids is 1. The first-order chi connectivity index (χ1) is 19.3. The van der Waals surface area contributed by atoms with Gasteiger partial charge in [-0.1, -0.05) is 59.1 Å². The van der Waals surface area contributed by atoms with Gasteiger partial charge in [0, 0.05) is 46.2 Å². The number of carbonyl (C=O) groups is 2. The van der Waals surface area contributed by atoms with E-state index in [1.54, 1.807) is 41.3 Å². The van der Waals surface area contributed by atoms with Crippen LogP contribution >= 0.6 is 34.8 Å². The summed E-state index contributed by atoms with van der Waals surface area (Å²) in [7, 11) is 0. The molecule has 1 aliphatic rings. The van der Waals surface area contributed by atoms with Gasteiger partial charge < -0.3 is 24.3 Å². The summed E-state index contributed by atoms with van der Waals surface area (Å²) < 4.78 is 11.5. The molecule has 1 unspecified atom stereocenters. The third-order valence-electron chi connectivity index (χ3n) is 6.70. The summed E-state index contributed by atoms with van der Waals surface area (Å²) >= 11 is 19.4. The monoisotopic (exact) mass is 617 g/mol. The van der Waals surface area contributed by atoms with E-state index in [-0.39, 0.29) is 47.1 Å². The fourth-order valence-electron chi connectivity index (χ4n) is 4.67. The number of halogens is 3. The molecular formula is C31H23Cl3NNaO5. The molecule has 0 aliphatic carbocycles. The van der Waals surface area contributed by atoms with E-state index in [0.717, 1.165) is 11.1 Å². The van der Waals surface area contributed by atoms with Crippen LogP contribution in [0.25, 0.3) is 11.1 Å². The van der Waals surface area contributed by atoms with E-state index in [1.807, 2.05) is 43.3 Å². The van der Waals surface area contributed by atoms with Gasteiger partial charge in [0.05, 0.1) is 22.3 Å². The summed E-state index contributed by atoms with van der Waals surface area (Å²) in [5.41, 5.74) is 3.19. The minimum Gasteiger partial charge on any atom is -0.549 e. The number of aliphatic carboxylic acids is 1. The normalized spacial score (nSPS) is 13.8. The average molecular weight is 619 g/mol. The van der Waals surface area contributed by atoms with E-state index in [0.29, 0.717) is 57.1 Å². The second-order valence-electron chi connectivity index (χ2n) is 9.15. The fourth-order valence-corrected chi connectivity index (χ4v) is 5.41. The van der Waals surface area contributed by atoms with Crippen molar-refractivity contribution in [3.63, 3.8) is 0 Å². The van der Waals surface area contributed by atoms with Crippen LogP contribution in [0.2, 0.25) is 15.1 Å². The van der Waals surface area contributed by atoms with Gasteiger partial charge in [0.2, 0.25) is 0 Å². The molecule has 1 aliphatic heterocycles. The van der Waals surface area contributed by atoms with Crippen LogP contribution in [0, 0.1) is 0 Å². The number of carbonyl (C=O) groups excluding carboxylic acids is 2. The van der Waals surface area contributed by atoms with E-state index in [4.69, 9.17) is 44.3 Å². The Hall–Kier alpha value is -2.71. The number of carboxylic acid groups (broad SMARTS) is 1. The number of hydrogen-bond acceptors (Lipinski definition) is 5. The van der Waals surface area contributed by atoms with Crippen LogP contribution < -0.4 is 49.0 Å².